The molecular weight excluding hydrogens is 458 g/mol. The second kappa shape index (κ2) is 21.2. The minimum absolute atomic E-state index is 1.12. The van der Waals surface area contributed by atoms with Crippen molar-refractivity contribution < 1.29 is 22.0 Å². The van der Waals surface area contributed by atoms with Crippen molar-refractivity contribution in [3.63, 3.8) is 0 Å². The van der Waals surface area contributed by atoms with Gasteiger partial charge in [-0.25, -0.2) is 0 Å². The van der Waals surface area contributed by atoms with Gasteiger partial charge >= 0.3 is 0 Å². The first-order valence-electron chi connectivity index (χ1n) is 14.1. The summed E-state index contributed by atoms with van der Waals surface area (Å²) in [6, 6.07) is 9.24. The fourth-order valence-corrected chi connectivity index (χ4v) is 4.54. The summed E-state index contributed by atoms with van der Waals surface area (Å²) < 4.78 is 35.2. The monoisotopic (exact) mass is 512 g/mol. The molecule has 0 aliphatic rings. The summed E-state index contributed by atoms with van der Waals surface area (Å²) in [5, 5.41) is 0. The Morgan fingerprint density at radius 3 is 1.26 bits per heavy atom. The highest BCUT2D eigenvalue weighted by Crippen LogP contribution is 2.16. The minimum atomic E-state index is -5.17. The van der Waals surface area contributed by atoms with E-state index >= 15 is 0 Å². The lowest BCUT2D eigenvalue weighted by Crippen LogP contribution is -2.39. The Balaban J connectivity index is 0.00000209. The molecule has 0 amide bonds. The van der Waals surface area contributed by atoms with Gasteiger partial charge in [-0.1, -0.05) is 128 Å². The summed E-state index contributed by atoms with van der Waals surface area (Å²) in [4.78, 5) is 0. The Morgan fingerprint density at radius 2 is 0.914 bits per heavy atom. The van der Waals surface area contributed by atoms with Crippen LogP contribution in [-0.4, -0.2) is 42.6 Å². The van der Waals surface area contributed by atoms with E-state index < -0.39 is 10.4 Å². The maximum Gasteiger partial charge on any atom is 0.104 e. The Labute approximate surface area is 217 Å². The van der Waals surface area contributed by atoms with E-state index in [2.05, 4.69) is 52.2 Å². The molecule has 0 N–H and O–H groups in total. The zero-order valence-corrected chi connectivity index (χ0v) is 24.0. The number of aryl methyl sites for hydroxylation is 1. The normalized spacial score (nSPS) is 11.8. The third-order valence-electron chi connectivity index (χ3n) is 6.66. The molecule has 5 nitrogen and oxygen atoms in total. The Hall–Kier alpha value is -0.950. The highest BCUT2D eigenvalue weighted by molar-refractivity contribution is 7.79. The highest BCUT2D eigenvalue weighted by Gasteiger charge is 2.15. The van der Waals surface area contributed by atoms with E-state index in [-0.39, 0.29) is 0 Å². The molecule has 0 spiro atoms. The Morgan fingerprint density at radius 1 is 0.600 bits per heavy atom. The maximum atomic E-state index is 8.52. The molecule has 1 aromatic carbocycles. The van der Waals surface area contributed by atoms with Crippen LogP contribution >= 0.6 is 0 Å². The average molecular weight is 513 g/mol. The molecule has 1 aromatic rings. The molecule has 0 unspecified atom stereocenters. The molecule has 35 heavy (non-hydrogen) atoms. The predicted molar refractivity (Wildman–Crippen MR) is 147 cm³/mol. The van der Waals surface area contributed by atoms with Gasteiger partial charge in [-0.05, 0) is 24.8 Å². The summed E-state index contributed by atoms with van der Waals surface area (Å²) in [6.45, 7) is 6.98. The van der Waals surface area contributed by atoms with Crippen molar-refractivity contribution in [2.75, 3.05) is 20.6 Å². The molecular formula is C29H54NO4S-. The molecule has 0 aliphatic heterocycles. The van der Waals surface area contributed by atoms with Crippen molar-refractivity contribution in [1.29, 1.82) is 0 Å². The van der Waals surface area contributed by atoms with Gasteiger partial charge in [0.15, 0.2) is 0 Å². The van der Waals surface area contributed by atoms with Gasteiger partial charge in [0, 0.05) is 16.0 Å². The van der Waals surface area contributed by atoms with E-state index in [1.165, 1.54) is 120 Å². The lowest BCUT2D eigenvalue weighted by molar-refractivity contribution is -0.903. The summed E-state index contributed by atoms with van der Waals surface area (Å²) in [5.41, 5.74) is 2.93. The predicted octanol–water partition coefficient (Wildman–Crippen LogP) is 7.75. The lowest BCUT2D eigenvalue weighted by atomic mass is 10.0. The van der Waals surface area contributed by atoms with Crippen LogP contribution in [0.2, 0.25) is 0 Å². The molecule has 0 saturated carbocycles. The molecule has 206 valence electrons. The number of hydrogen-bond donors (Lipinski definition) is 0. The average Bonchev–Trinajstić information content (AvgIpc) is 2.78. The molecule has 0 aromatic heterocycles. The molecule has 1 rings (SSSR count). The van der Waals surface area contributed by atoms with Crippen molar-refractivity contribution in [3.05, 3.63) is 35.4 Å². The van der Waals surface area contributed by atoms with E-state index in [9.17, 15) is 0 Å². The van der Waals surface area contributed by atoms with Crippen molar-refractivity contribution >= 4 is 10.4 Å². The van der Waals surface area contributed by atoms with Crippen LogP contribution in [0.25, 0.3) is 0 Å². The van der Waals surface area contributed by atoms with Crippen LogP contribution in [0.1, 0.15) is 128 Å². The summed E-state index contributed by atoms with van der Waals surface area (Å²) >= 11 is 0. The first-order valence-corrected chi connectivity index (χ1v) is 15.5. The Kier molecular flexibility index (Phi) is 20.6. The number of unbranched alkanes of at least 4 members (excludes halogenated alkanes) is 15. The number of rotatable bonds is 20. The van der Waals surface area contributed by atoms with E-state index in [1.807, 2.05) is 0 Å². The van der Waals surface area contributed by atoms with Crippen molar-refractivity contribution in [2.24, 2.45) is 0 Å². The molecule has 0 saturated heterocycles. The summed E-state index contributed by atoms with van der Waals surface area (Å²) in [7, 11) is -0.391. The fourth-order valence-electron chi connectivity index (χ4n) is 4.54. The Bertz CT molecular complexity index is 694. The van der Waals surface area contributed by atoms with Gasteiger partial charge in [0.2, 0.25) is 0 Å². The molecule has 0 aliphatic carbocycles. The van der Waals surface area contributed by atoms with Crippen LogP contribution in [0.3, 0.4) is 0 Å². The molecule has 6 heteroatoms. The van der Waals surface area contributed by atoms with Crippen LogP contribution in [0.4, 0.5) is 0 Å². The van der Waals surface area contributed by atoms with Gasteiger partial charge in [-0.15, -0.1) is 0 Å². The zero-order valence-electron chi connectivity index (χ0n) is 23.2. The van der Waals surface area contributed by atoms with Gasteiger partial charge in [0.05, 0.1) is 20.6 Å². The van der Waals surface area contributed by atoms with Gasteiger partial charge in [-0.3, -0.25) is 8.42 Å². The largest absolute Gasteiger partial charge is 0.759 e. The van der Waals surface area contributed by atoms with Gasteiger partial charge < -0.3 is 13.6 Å². The third-order valence-corrected chi connectivity index (χ3v) is 6.66. The first kappa shape index (κ1) is 34.0. The number of nitrogens with zero attached hydrogens (tertiary/aromatic N) is 1. The number of hydrogen-bond acceptors (Lipinski definition) is 4. The van der Waals surface area contributed by atoms with Crippen LogP contribution in [0.5, 0.6) is 0 Å². The SMILES string of the molecule is CCCCCCCCCCCCCCCCCC[N+](C)(C)Cc1ccc(CC)cc1.O=S(=O)([O-])[O-]. The topological polar surface area (TPSA) is 80.3 Å². The summed E-state index contributed by atoms with van der Waals surface area (Å²) in [5.74, 6) is 0. The van der Waals surface area contributed by atoms with Crippen LogP contribution in [-0.2, 0) is 23.4 Å². The molecule has 0 radical (unpaired) electrons. The molecule has 0 heterocycles. The number of benzene rings is 1. The fraction of sp³-hybridized carbons (Fsp3) is 0.793. The highest BCUT2D eigenvalue weighted by atomic mass is 32.3. The third kappa shape index (κ3) is 25.9. The van der Waals surface area contributed by atoms with Crippen LogP contribution in [0, 0.1) is 0 Å². The lowest BCUT2D eigenvalue weighted by Gasteiger charge is -2.30. The molecule has 0 atom stereocenters. The molecule has 0 bridgehead atoms. The molecule has 0 fully saturated rings. The van der Waals surface area contributed by atoms with E-state index in [1.54, 1.807) is 0 Å². The zero-order chi connectivity index (χ0) is 26.4. The van der Waals surface area contributed by atoms with Gasteiger partial charge in [0.1, 0.15) is 6.54 Å². The van der Waals surface area contributed by atoms with Crippen LogP contribution < -0.4 is 0 Å². The summed E-state index contributed by atoms with van der Waals surface area (Å²) in [6.07, 6.45) is 24.3. The maximum absolute atomic E-state index is 8.52. The van der Waals surface area contributed by atoms with Crippen molar-refractivity contribution in [3.8, 4) is 0 Å². The first-order chi connectivity index (χ1) is 16.6. The second-order valence-corrected chi connectivity index (χ2v) is 11.5. The number of quaternary nitrogens is 1. The van der Waals surface area contributed by atoms with Gasteiger partial charge in [0.25, 0.3) is 0 Å². The second-order valence-electron chi connectivity index (χ2n) is 10.7. The van der Waals surface area contributed by atoms with E-state index in [0.29, 0.717) is 0 Å². The van der Waals surface area contributed by atoms with E-state index in [0.717, 1.165) is 17.4 Å². The smallest absolute Gasteiger partial charge is 0.104 e. The quantitative estimate of drug-likeness (QED) is 0.0774. The van der Waals surface area contributed by atoms with Crippen molar-refractivity contribution in [1.82, 2.24) is 0 Å². The van der Waals surface area contributed by atoms with Crippen LogP contribution in [0.15, 0.2) is 24.3 Å². The van der Waals surface area contributed by atoms with Crippen molar-refractivity contribution in [2.45, 2.75) is 130 Å². The minimum Gasteiger partial charge on any atom is -0.759 e. The van der Waals surface area contributed by atoms with E-state index in [4.69, 9.17) is 17.5 Å². The standard InChI is InChI=1S/C29H54N.H2O4S/c1-5-7-8-9-10-11-12-13-14-15-16-17-18-19-20-21-26-30(3,4)27-29-24-22-28(6-2)23-25-29;1-5(2,3)4/h22-25H,5-21,26-27H2,1-4H3;(H2,1,2,3,4)/q+1;/p-2. The van der Waals surface area contributed by atoms with Gasteiger partial charge in [-0.2, -0.15) is 0 Å².